The summed E-state index contributed by atoms with van der Waals surface area (Å²) in [5.41, 5.74) is -0.520. The standard InChI is InChI=1S/C13H13Br2F2NO/c14-7-5-9(16)12(10(17)6-7)13(19)18-11-4-2-1-3-8(11)15/h5-6,8,11H,1-4H2,(H,18,19). The second kappa shape index (κ2) is 6.31. The lowest BCUT2D eigenvalue weighted by molar-refractivity contribution is 0.0921. The zero-order valence-electron chi connectivity index (χ0n) is 10.1. The first kappa shape index (κ1) is 14.9. The molecule has 0 aliphatic heterocycles. The Morgan fingerprint density at radius 2 is 1.79 bits per heavy atom. The maximum absolute atomic E-state index is 13.7. The monoisotopic (exact) mass is 395 g/mol. The Hall–Kier alpha value is -0.490. The molecule has 0 bridgehead atoms. The van der Waals surface area contributed by atoms with Gasteiger partial charge in [-0.25, -0.2) is 8.78 Å². The molecule has 0 spiro atoms. The molecule has 1 aliphatic carbocycles. The van der Waals surface area contributed by atoms with Crippen molar-refractivity contribution < 1.29 is 13.6 Å². The van der Waals surface area contributed by atoms with E-state index in [9.17, 15) is 13.6 Å². The molecule has 104 valence electrons. The number of hydrogen-bond acceptors (Lipinski definition) is 1. The quantitative estimate of drug-likeness (QED) is 0.747. The minimum Gasteiger partial charge on any atom is -0.348 e. The van der Waals surface area contributed by atoms with E-state index in [2.05, 4.69) is 37.2 Å². The van der Waals surface area contributed by atoms with E-state index >= 15 is 0 Å². The lowest BCUT2D eigenvalue weighted by Gasteiger charge is -2.28. The summed E-state index contributed by atoms with van der Waals surface area (Å²) in [7, 11) is 0. The summed E-state index contributed by atoms with van der Waals surface area (Å²) in [5, 5.41) is 2.70. The molecule has 19 heavy (non-hydrogen) atoms. The fourth-order valence-electron chi connectivity index (χ4n) is 2.25. The molecule has 2 unspecified atom stereocenters. The van der Waals surface area contributed by atoms with Crippen molar-refractivity contribution in [2.45, 2.75) is 36.6 Å². The molecule has 0 radical (unpaired) electrons. The zero-order chi connectivity index (χ0) is 14.0. The van der Waals surface area contributed by atoms with E-state index in [0.29, 0.717) is 0 Å². The average molecular weight is 397 g/mol. The summed E-state index contributed by atoms with van der Waals surface area (Å²) >= 11 is 6.48. The lowest BCUT2D eigenvalue weighted by atomic mass is 9.95. The first-order valence-corrected chi connectivity index (χ1v) is 7.79. The number of halogens is 4. The number of rotatable bonds is 2. The predicted molar refractivity (Wildman–Crippen MR) is 76.5 cm³/mol. The Balaban J connectivity index is 2.16. The molecule has 1 aromatic rings. The normalized spacial score (nSPS) is 23.2. The third-order valence-corrected chi connectivity index (χ3v) is 4.79. The molecule has 1 aliphatic rings. The number of nitrogens with one attached hydrogen (secondary N) is 1. The Bertz CT molecular complexity index is 473. The van der Waals surface area contributed by atoms with Gasteiger partial charge in [-0.15, -0.1) is 0 Å². The topological polar surface area (TPSA) is 29.1 Å². The van der Waals surface area contributed by atoms with Gasteiger partial charge in [0.25, 0.3) is 5.91 Å². The molecule has 1 aromatic carbocycles. The highest BCUT2D eigenvalue weighted by molar-refractivity contribution is 9.10. The molecule has 2 atom stereocenters. The summed E-state index contributed by atoms with van der Waals surface area (Å²) in [6.07, 6.45) is 3.89. The van der Waals surface area contributed by atoms with Crippen LogP contribution in [-0.4, -0.2) is 16.8 Å². The van der Waals surface area contributed by atoms with E-state index in [4.69, 9.17) is 0 Å². The van der Waals surface area contributed by atoms with E-state index in [0.717, 1.165) is 37.8 Å². The van der Waals surface area contributed by atoms with Crippen LogP contribution in [-0.2, 0) is 0 Å². The van der Waals surface area contributed by atoms with Gasteiger partial charge in [0, 0.05) is 15.3 Å². The van der Waals surface area contributed by atoms with E-state index in [-0.39, 0.29) is 15.3 Å². The number of alkyl halides is 1. The second-order valence-electron chi connectivity index (χ2n) is 4.62. The molecule has 0 aromatic heterocycles. The highest BCUT2D eigenvalue weighted by Gasteiger charge is 2.27. The van der Waals surface area contributed by atoms with Crippen LogP contribution in [0.1, 0.15) is 36.0 Å². The van der Waals surface area contributed by atoms with Crippen LogP contribution < -0.4 is 5.32 Å². The molecule has 1 amide bonds. The van der Waals surface area contributed by atoms with Gasteiger partial charge in [0.05, 0.1) is 0 Å². The third-order valence-electron chi connectivity index (χ3n) is 3.23. The second-order valence-corrected chi connectivity index (χ2v) is 6.72. The SMILES string of the molecule is O=C(NC1CCCCC1Br)c1c(F)cc(Br)cc1F. The van der Waals surface area contributed by atoms with Crippen molar-refractivity contribution >= 4 is 37.8 Å². The van der Waals surface area contributed by atoms with Gasteiger partial charge in [0.15, 0.2) is 0 Å². The van der Waals surface area contributed by atoms with Crippen LogP contribution >= 0.6 is 31.9 Å². The van der Waals surface area contributed by atoms with Crippen LogP contribution in [0, 0.1) is 11.6 Å². The fourth-order valence-corrected chi connectivity index (χ4v) is 3.37. The smallest absolute Gasteiger partial charge is 0.257 e. The number of amides is 1. The van der Waals surface area contributed by atoms with Gasteiger partial charge in [-0.3, -0.25) is 4.79 Å². The van der Waals surface area contributed by atoms with E-state index in [1.807, 2.05) is 0 Å². The van der Waals surface area contributed by atoms with Gasteiger partial charge in [-0.1, -0.05) is 44.7 Å². The summed E-state index contributed by atoms with van der Waals surface area (Å²) in [6.45, 7) is 0. The Morgan fingerprint density at radius 1 is 1.21 bits per heavy atom. The summed E-state index contributed by atoms with van der Waals surface area (Å²) in [6, 6.07) is 2.10. The number of benzene rings is 1. The molecule has 1 saturated carbocycles. The van der Waals surface area contributed by atoms with Crippen molar-refractivity contribution in [2.75, 3.05) is 0 Å². The molecular formula is C13H13Br2F2NO. The molecule has 1 fully saturated rings. The first-order valence-electron chi connectivity index (χ1n) is 6.08. The molecule has 6 heteroatoms. The number of hydrogen-bond donors (Lipinski definition) is 1. The minimum atomic E-state index is -0.855. The minimum absolute atomic E-state index is 0.0799. The summed E-state index contributed by atoms with van der Waals surface area (Å²) < 4.78 is 27.6. The van der Waals surface area contributed by atoms with Crippen molar-refractivity contribution in [3.8, 4) is 0 Å². The number of carbonyl (C=O) groups is 1. The lowest BCUT2D eigenvalue weighted by Crippen LogP contribution is -2.43. The zero-order valence-corrected chi connectivity index (χ0v) is 13.2. The Morgan fingerprint density at radius 3 is 2.37 bits per heavy atom. The van der Waals surface area contributed by atoms with Crippen LogP contribution in [0.2, 0.25) is 0 Å². The highest BCUT2D eigenvalue weighted by atomic mass is 79.9. The number of carbonyl (C=O) groups excluding carboxylic acids is 1. The van der Waals surface area contributed by atoms with Gasteiger partial charge in [0.2, 0.25) is 0 Å². The van der Waals surface area contributed by atoms with Crippen molar-refractivity contribution in [1.82, 2.24) is 5.32 Å². The van der Waals surface area contributed by atoms with E-state index in [1.165, 1.54) is 0 Å². The van der Waals surface area contributed by atoms with Gasteiger partial charge in [-0.05, 0) is 25.0 Å². The molecule has 0 heterocycles. The van der Waals surface area contributed by atoms with Crippen LogP contribution in [0.4, 0.5) is 8.78 Å². The summed E-state index contributed by atoms with van der Waals surface area (Å²) in [5.74, 6) is -2.41. The van der Waals surface area contributed by atoms with Crippen LogP contribution in [0.3, 0.4) is 0 Å². The predicted octanol–water partition coefficient (Wildman–Crippen LogP) is 4.16. The molecule has 1 N–H and O–H groups in total. The average Bonchev–Trinajstić information content (AvgIpc) is 2.30. The van der Waals surface area contributed by atoms with Gasteiger partial charge >= 0.3 is 0 Å². The van der Waals surface area contributed by atoms with E-state index < -0.39 is 23.1 Å². The van der Waals surface area contributed by atoms with Crippen molar-refractivity contribution in [2.24, 2.45) is 0 Å². The van der Waals surface area contributed by atoms with Crippen molar-refractivity contribution in [3.63, 3.8) is 0 Å². The van der Waals surface area contributed by atoms with Crippen molar-refractivity contribution in [3.05, 3.63) is 33.8 Å². The van der Waals surface area contributed by atoms with E-state index in [1.54, 1.807) is 0 Å². The maximum Gasteiger partial charge on any atom is 0.257 e. The highest BCUT2D eigenvalue weighted by Crippen LogP contribution is 2.25. The molecular weight excluding hydrogens is 384 g/mol. The fraction of sp³-hybridized carbons (Fsp3) is 0.462. The first-order chi connectivity index (χ1) is 8.99. The third kappa shape index (κ3) is 3.54. The maximum atomic E-state index is 13.7. The van der Waals surface area contributed by atoms with Crippen LogP contribution in [0.15, 0.2) is 16.6 Å². The molecule has 0 saturated heterocycles. The summed E-state index contributed by atoms with van der Waals surface area (Å²) in [4.78, 5) is 12.1. The van der Waals surface area contributed by atoms with Crippen LogP contribution in [0.25, 0.3) is 0 Å². The Labute approximate surface area is 127 Å². The molecule has 2 nitrogen and oxygen atoms in total. The Kier molecular flexibility index (Phi) is 4.95. The largest absolute Gasteiger partial charge is 0.348 e. The molecule has 2 rings (SSSR count). The van der Waals surface area contributed by atoms with Crippen LogP contribution in [0.5, 0.6) is 0 Å². The van der Waals surface area contributed by atoms with Crippen molar-refractivity contribution in [1.29, 1.82) is 0 Å². The van der Waals surface area contributed by atoms with Gasteiger partial charge in [-0.2, -0.15) is 0 Å². The van der Waals surface area contributed by atoms with Gasteiger partial charge < -0.3 is 5.32 Å². The van der Waals surface area contributed by atoms with Gasteiger partial charge in [0.1, 0.15) is 17.2 Å².